The van der Waals surface area contributed by atoms with E-state index in [-0.39, 0.29) is 6.54 Å². The van der Waals surface area contributed by atoms with E-state index >= 15 is 0 Å². The summed E-state index contributed by atoms with van der Waals surface area (Å²) < 4.78 is 42.3. The molecule has 7 heteroatoms. The molecular weight excluding hydrogens is 327 g/mol. The maximum atomic E-state index is 12.2. The lowest BCUT2D eigenvalue weighted by Gasteiger charge is -2.18. The summed E-state index contributed by atoms with van der Waals surface area (Å²) in [6, 6.07) is 10.3. The van der Waals surface area contributed by atoms with Crippen LogP contribution in [0.4, 0.5) is 13.2 Å². The molecule has 3 nitrogen and oxygen atoms in total. The summed E-state index contributed by atoms with van der Waals surface area (Å²) in [6.07, 6.45) is -5.30. The van der Waals surface area contributed by atoms with E-state index in [1.807, 2.05) is 17.5 Å². The van der Waals surface area contributed by atoms with Crippen LogP contribution >= 0.6 is 11.3 Å². The largest absolute Gasteiger partial charge is 0.488 e. The second-order valence-corrected chi connectivity index (χ2v) is 6.02. The van der Waals surface area contributed by atoms with Gasteiger partial charge in [0.1, 0.15) is 12.4 Å². The normalized spacial score (nSPS) is 11.3. The molecule has 1 heterocycles. The Morgan fingerprint density at radius 1 is 1.26 bits per heavy atom. The van der Waals surface area contributed by atoms with Gasteiger partial charge < -0.3 is 9.64 Å². The Kier molecular flexibility index (Phi) is 5.65. The Balaban J connectivity index is 1.96. The number of carbonyl (C=O) groups excluding carboxylic acids is 1. The van der Waals surface area contributed by atoms with Gasteiger partial charge in [-0.1, -0.05) is 12.1 Å². The van der Waals surface area contributed by atoms with E-state index in [9.17, 15) is 18.0 Å². The summed E-state index contributed by atoms with van der Waals surface area (Å²) >= 11 is 1.56. The summed E-state index contributed by atoms with van der Waals surface area (Å²) in [5.74, 6) is 0.0456. The molecule has 124 valence electrons. The van der Waals surface area contributed by atoms with Crippen LogP contribution in [-0.4, -0.2) is 30.6 Å². The van der Waals surface area contributed by atoms with E-state index in [2.05, 4.69) is 0 Å². The van der Waals surface area contributed by atoms with Crippen LogP contribution in [0.5, 0.6) is 5.75 Å². The topological polar surface area (TPSA) is 29.5 Å². The first-order valence-corrected chi connectivity index (χ1v) is 7.80. The minimum absolute atomic E-state index is 0.304. The van der Waals surface area contributed by atoms with Crippen LogP contribution in [0.15, 0.2) is 41.8 Å². The van der Waals surface area contributed by atoms with Crippen molar-refractivity contribution in [1.29, 1.82) is 0 Å². The fraction of sp³-hybridized carbons (Fsp3) is 0.312. The predicted octanol–water partition coefficient (Wildman–Crippen LogP) is 4.35. The van der Waals surface area contributed by atoms with Crippen LogP contribution in [0.2, 0.25) is 0 Å². The van der Waals surface area contributed by atoms with Gasteiger partial charge in [0.25, 0.3) is 5.91 Å². The van der Waals surface area contributed by atoms with Crippen molar-refractivity contribution in [1.82, 2.24) is 4.90 Å². The van der Waals surface area contributed by atoms with Gasteiger partial charge in [0.2, 0.25) is 0 Å². The Bertz CT molecular complexity index is 641. The molecule has 2 rings (SSSR count). The number of hydrogen-bond acceptors (Lipinski definition) is 3. The molecule has 1 aromatic carbocycles. The molecule has 0 N–H and O–H groups in total. The molecule has 1 amide bonds. The lowest BCUT2D eigenvalue weighted by Crippen LogP contribution is -2.30. The number of halogens is 3. The Morgan fingerprint density at radius 3 is 2.70 bits per heavy atom. The predicted molar refractivity (Wildman–Crippen MR) is 82.7 cm³/mol. The highest BCUT2D eigenvalue weighted by Gasteiger charge is 2.28. The minimum atomic E-state index is -4.28. The standard InChI is InChI=1S/C16H16F3NO2S/c1-20(8-7-16(17,18)19)15(21)12-4-2-5-13(10-12)22-11-14-6-3-9-23-14/h2-6,9-10H,7-8,11H2,1H3. The summed E-state index contributed by atoms with van der Waals surface area (Å²) in [7, 11) is 1.35. The molecule has 0 aliphatic heterocycles. The quantitative estimate of drug-likeness (QED) is 0.780. The van der Waals surface area contributed by atoms with Gasteiger partial charge in [0.15, 0.2) is 0 Å². The molecular formula is C16H16F3NO2S. The van der Waals surface area contributed by atoms with E-state index in [0.29, 0.717) is 17.9 Å². The van der Waals surface area contributed by atoms with Crippen molar-refractivity contribution < 1.29 is 22.7 Å². The molecule has 0 saturated heterocycles. The van der Waals surface area contributed by atoms with Crippen molar-refractivity contribution >= 4 is 17.2 Å². The van der Waals surface area contributed by atoms with Gasteiger partial charge in [0.05, 0.1) is 6.42 Å². The molecule has 0 atom stereocenters. The Hall–Kier alpha value is -2.02. The van der Waals surface area contributed by atoms with Gasteiger partial charge in [-0.25, -0.2) is 0 Å². The lowest BCUT2D eigenvalue weighted by molar-refractivity contribution is -0.136. The van der Waals surface area contributed by atoms with E-state index in [1.165, 1.54) is 7.05 Å². The monoisotopic (exact) mass is 343 g/mol. The van der Waals surface area contributed by atoms with E-state index < -0.39 is 18.5 Å². The summed E-state index contributed by atoms with van der Waals surface area (Å²) in [6.45, 7) is 0.0157. The number of rotatable bonds is 6. The highest BCUT2D eigenvalue weighted by Crippen LogP contribution is 2.21. The molecule has 2 aromatic rings. The third-order valence-electron chi connectivity index (χ3n) is 3.12. The first kappa shape index (κ1) is 17.3. The Labute approximate surface area is 136 Å². The Morgan fingerprint density at radius 2 is 2.04 bits per heavy atom. The summed E-state index contributed by atoms with van der Waals surface area (Å²) in [5, 5.41) is 1.94. The molecule has 0 aliphatic rings. The summed E-state index contributed by atoms with van der Waals surface area (Å²) in [5.41, 5.74) is 0.304. The second kappa shape index (κ2) is 7.50. The molecule has 0 spiro atoms. The number of ether oxygens (including phenoxy) is 1. The van der Waals surface area contributed by atoms with Crippen LogP contribution in [0, 0.1) is 0 Å². The van der Waals surface area contributed by atoms with Gasteiger partial charge in [-0.05, 0) is 29.6 Å². The molecule has 0 aliphatic carbocycles. The number of thiophene rings is 1. The van der Waals surface area contributed by atoms with Crippen molar-refractivity contribution in [2.24, 2.45) is 0 Å². The van der Waals surface area contributed by atoms with Crippen LogP contribution in [0.3, 0.4) is 0 Å². The number of benzene rings is 1. The van der Waals surface area contributed by atoms with Crippen LogP contribution in [0.1, 0.15) is 21.7 Å². The van der Waals surface area contributed by atoms with E-state index in [1.54, 1.807) is 35.6 Å². The SMILES string of the molecule is CN(CCC(F)(F)F)C(=O)c1cccc(OCc2cccs2)c1. The first-order valence-electron chi connectivity index (χ1n) is 6.92. The van der Waals surface area contributed by atoms with Gasteiger partial charge in [-0.3, -0.25) is 4.79 Å². The number of hydrogen-bond donors (Lipinski definition) is 0. The number of carbonyl (C=O) groups is 1. The van der Waals surface area contributed by atoms with E-state index in [4.69, 9.17) is 4.74 Å². The molecule has 1 aromatic heterocycles. The molecule has 23 heavy (non-hydrogen) atoms. The molecule has 0 bridgehead atoms. The molecule has 0 saturated carbocycles. The zero-order valence-electron chi connectivity index (χ0n) is 12.5. The van der Waals surface area contributed by atoms with Crippen LogP contribution < -0.4 is 4.74 Å². The average molecular weight is 343 g/mol. The number of amides is 1. The van der Waals surface area contributed by atoms with Gasteiger partial charge in [-0.15, -0.1) is 11.3 Å². The fourth-order valence-corrected chi connectivity index (χ4v) is 2.50. The molecule has 0 fully saturated rings. The first-order chi connectivity index (χ1) is 10.8. The van der Waals surface area contributed by atoms with Gasteiger partial charge in [0, 0.05) is 24.0 Å². The van der Waals surface area contributed by atoms with Crippen molar-refractivity contribution in [3.05, 3.63) is 52.2 Å². The zero-order chi connectivity index (χ0) is 16.9. The minimum Gasteiger partial charge on any atom is -0.488 e. The molecule has 0 unspecified atom stereocenters. The van der Waals surface area contributed by atoms with Crippen molar-refractivity contribution in [3.8, 4) is 5.75 Å². The van der Waals surface area contributed by atoms with Gasteiger partial charge in [-0.2, -0.15) is 13.2 Å². The van der Waals surface area contributed by atoms with Crippen molar-refractivity contribution in [2.75, 3.05) is 13.6 Å². The fourth-order valence-electron chi connectivity index (χ4n) is 1.88. The average Bonchev–Trinajstić information content (AvgIpc) is 3.03. The molecule has 0 radical (unpaired) electrons. The lowest BCUT2D eigenvalue weighted by atomic mass is 10.2. The van der Waals surface area contributed by atoms with E-state index in [0.717, 1.165) is 9.78 Å². The number of alkyl halides is 3. The third kappa shape index (κ3) is 5.59. The maximum Gasteiger partial charge on any atom is 0.390 e. The van der Waals surface area contributed by atoms with Gasteiger partial charge >= 0.3 is 6.18 Å². The van der Waals surface area contributed by atoms with Crippen LogP contribution in [-0.2, 0) is 6.61 Å². The second-order valence-electron chi connectivity index (χ2n) is 4.99. The van der Waals surface area contributed by atoms with Crippen LogP contribution in [0.25, 0.3) is 0 Å². The third-order valence-corrected chi connectivity index (χ3v) is 3.97. The maximum absolute atomic E-state index is 12.2. The zero-order valence-corrected chi connectivity index (χ0v) is 13.3. The summed E-state index contributed by atoms with van der Waals surface area (Å²) in [4.78, 5) is 14.3. The highest BCUT2D eigenvalue weighted by atomic mass is 32.1. The van der Waals surface area contributed by atoms with Crippen molar-refractivity contribution in [3.63, 3.8) is 0 Å². The smallest absolute Gasteiger partial charge is 0.390 e. The number of nitrogens with zero attached hydrogens (tertiary/aromatic N) is 1. The van der Waals surface area contributed by atoms with Crippen molar-refractivity contribution in [2.45, 2.75) is 19.2 Å². The highest BCUT2D eigenvalue weighted by molar-refractivity contribution is 7.09.